The molecule has 0 radical (unpaired) electrons. The second-order valence-corrected chi connectivity index (χ2v) is 12.1. The van der Waals surface area contributed by atoms with Gasteiger partial charge in [0.05, 0.1) is 60.8 Å². The zero-order valence-corrected chi connectivity index (χ0v) is 24.5. The summed E-state index contributed by atoms with van der Waals surface area (Å²) in [5.41, 5.74) is 12.5. The molecule has 1 fully saturated rings. The molecule has 12 nitrogen and oxygen atoms in total. The predicted molar refractivity (Wildman–Crippen MR) is 159 cm³/mol. The maximum atomic E-state index is 13.2. The molecule has 2 aliphatic heterocycles. The summed E-state index contributed by atoms with van der Waals surface area (Å²) in [7, 11) is 1.89. The molecule has 0 saturated carbocycles. The van der Waals surface area contributed by atoms with Crippen LogP contribution in [0.5, 0.6) is 0 Å². The van der Waals surface area contributed by atoms with Crippen molar-refractivity contribution in [3.8, 4) is 22.5 Å². The fourth-order valence-electron chi connectivity index (χ4n) is 5.35. The highest BCUT2D eigenvalue weighted by molar-refractivity contribution is 5.92. The minimum atomic E-state index is -0.370. The minimum Gasteiger partial charge on any atom is -0.393 e. The van der Waals surface area contributed by atoms with Gasteiger partial charge < -0.3 is 20.8 Å². The van der Waals surface area contributed by atoms with Crippen molar-refractivity contribution in [2.24, 2.45) is 18.6 Å². The number of ether oxygens (including phenoxy) is 1. The molecule has 1 aromatic carbocycles. The summed E-state index contributed by atoms with van der Waals surface area (Å²) in [6.07, 6.45) is 9.68. The van der Waals surface area contributed by atoms with Crippen LogP contribution in [0.1, 0.15) is 44.4 Å². The topological polar surface area (TPSA) is 145 Å². The molecule has 1 saturated heterocycles. The van der Waals surface area contributed by atoms with Crippen LogP contribution in [0.3, 0.4) is 0 Å². The van der Waals surface area contributed by atoms with Crippen LogP contribution in [-0.4, -0.2) is 71.5 Å². The second-order valence-electron chi connectivity index (χ2n) is 12.1. The van der Waals surface area contributed by atoms with Crippen LogP contribution < -0.4 is 16.9 Å². The lowest BCUT2D eigenvalue weighted by atomic mass is 9.95. The van der Waals surface area contributed by atoms with E-state index in [4.69, 9.17) is 21.3 Å². The lowest BCUT2D eigenvalue weighted by Gasteiger charge is -2.36. The smallest absolute Gasteiger partial charge is 0.269 e. The fourth-order valence-corrected chi connectivity index (χ4v) is 5.35. The van der Waals surface area contributed by atoms with E-state index in [2.05, 4.69) is 38.6 Å². The first kappa shape index (κ1) is 27.9. The highest BCUT2D eigenvalue weighted by Gasteiger charge is 2.32. The highest BCUT2D eigenvalue weighted by atomic mass is 16.5. The van der Waals surface area contributed by atoms with Gasteiger partial charge in [-0.25, -0.2) is 15.3 Å². The number of nitrogens with two attached hydrogens (primary N) is 2. The Bertz CT molecular complexity index is 1650. The quantitative estimate of drug-likeness (QED) is 0.181. The monoisotopic (exact) mass is 570 g/mol. The molecule has 0 unspecified atom stereocenters. The predicted octanol–water partition coefficient (Wildman–Crippen LogP) is 2.33. The summed E-state index contributed by atoms with van der Waals surface area (Å²) in [6, 6.07) is 8.47. The third-order valence-electron chi connectivity index (χ3n) is 8.02. The lowest BCUT2D eigenvalue weighted by molar-refractivity contribution is -0.118. The average molecular weight is 571 g/mol. The summed E-state index contributed by atoms with van der Waals surface area (Å²) in [6.45, 7) is 8.84. The zero-order chi connectivity index (χ0) is 29.6. The maximum Gasteiger partial charge on any atom is 0.269 e. The fraction of sp³-hybridized carbons (Fsp3) is 0.400. The number of nitrogens with one attached hydrogen (secondary N) is 1. The van der Waals surface area contributed by atoms with Gasteiger partial charge in [0.25, 0.3) is 5.91 Å². The van der Waals surface area contributed by atoms with E-state index in [0.717, 1.165) is 58.7 Å². The first-order valence-corrected chi connectivity index (χ1v) is 14.2. The number of nitrogens with zero attached hydrogens (tertiary/aromatic N) is 7. The summed E-state index contributed by atoms with van der Waals surface area (Å²) in [5, 5.41) is 13.4. The molecule has 0 spiro atoms. The molecule has 4 aromatic rings. The number of aryl methyl sites for hydroxylation is 1. The summed E-state index contributed by atoms with van der Waals surface area (Å²) in [5.74, 6) is 5.77. The van der Waals surface area contributed by atoms with Crippen molar-refractivity contribution in [1.29, 1.82) is 0 Å². The van der Waals surface area contributed by atoms with Crippen molar-refractivity contribution in [2.75, 3.05) is 19.8 Å². The average Bonchev–Trinajstić information content (AvgIpc) is 3.53. The molecule has 3 aromatic heterocycles. The Morgan fingerprint density at radius 3 is 2.67 bits per heavy atom. The molecular formula is C30H38N10O2. The number of hydrogen-bond acceptors (Lipinski definition) is 9. The van der Waals surface area contributed by atoms with Crippen LogP contribution in [0.15, 0.2) is 60.9 Å². The number of rotatable bonds is 6. The number of amides is 1. The summed E-state index contributed by atoms with van der Waals surface area (Å²) in [4.78, 5) is 20.7. The molecule has 1 amide bonds. The van der Waals surface area contributed by atoms with Gasteiger partial charge in [-0.15, -0.1) is 0 Å². The van der Waals surface area contributed by atoms with E-state index in [1.807, 2.05) is 50.8 Å². The normalized spacial score (nSPS) is 18.4. The van der Waals surface area contributed by atoms with E-state index in [0.29, 0.717) is 19.3 Å². The number of fused-ring (bicyclic) bond motifs is 2. The van der Waals surface area contributed by atoms with Gasteiger partial charge in [-0.2, -0.15) is 10.2 Å². The molecule has 0 bridgehead atoms. The van der Waals surface area contributed by atoms with Crippen LogP contribution in [0.25, 0.3) is 28.0 Å². The Morgan fingerprint density at radius 2 is 1.98 bits per heavy atom. The Hall–Kier alpha value is -4.26. The van der Waals surface area contributed by atoms with Crippen molar-refractivity contribution >= 4 is 11.4 Å². The van der Waals surface area contributed by atoms with Gasteiger partial charge in [0.1, 0.15) is 5.70 Å². The van der Waals surface area contributed by atoms with Crippen LogP contribution in [0.4, 0.5) is 0 Å². The third kappa shape index (κ3) is 5.48. The number of hydrogen-bond donors (Lipinski definition) is 3. The second kappa shape index (κ2) is 10.9. The number of carbonyl (C=O) groups excluding carboxylic acids is 1. The van der Waals surface area contributed by atoms with Gasteiger partial charge >= 0.3 is 0 Å². The minimum absolute atomic E-state index is 0.0682. The van der Waals surface area contributed by atoms with E-state index in [9.17, 15) is 4.79 Å². The van der Waals surface area contributed by atoms with Crippen molar-refractivity contribution in [3.05, 3.63) is 72.1 Å². The number of hydrazine groups is 1. The standard InChI is InChI=1S/C30H38N10O2/c1-30(2,3)40(32)15-24(31)29(41)36-25-8-10-38(22-17-42-18-22)14-20-11-19(5-6-23(20)25)28-27-7-9-33-39(27)16-26(35-28)21-12-34-37(4)13-21/h5-7,9,11-13,15-16,22,25H,8,10,14,17-18,31-32H2,1-4H3,(H,36,41)/b24-15-/t25-/m1/s1. The zero-order valence-electron chi connectivity index (χ0n) is 24.5. The molecule has 0 aliphatic carbocycles. The molecule has 6 rings (SSSR count). The first-order chi connectivity index (χ1) is 20.1. The third-order valence-corrected chi connectivity index (χ3v) is 8.02. The van der Waals surface area contributed by atoms with Crippen molar-refractivity contribution in [1.82, 2.24) is 39.6 Å². The van der Waals surface area contributed by atoms with E-state index < -0.39 is 0 Å². The lowest BCUT2D eigenvalue weighted by Crippen LogP contribution is -2.48. The largest absolute Gasteiger partial charge is 0.393 e. The van der Waals surface area contributed by atoms with E-state index in [-0.39, 0.29) is 23.2 Å². The number of benzene rings is 1. The van der Waals surface area contributed by atoms with Crippen LogP contribution in [0.2, 0.25) is 0 Å². The molecule has 1 atom stereocenters. The van der Waals surface area contributed by atoms with Crippen molar-refractivity contribution in [3.63, 3.8) is 0 Å². The van der Waals surface area contributed by atoms with Gasteiger partial charge in [-0.05, 0) is 50.5 Å². The summed E-state index contributed by atoms with van der Waals surface area (Å²) >= 11 is 0. The Balaban J connectivity index is 1.37. The first-order valence-electron chi connectivity index (χ1n) is 14.2. The molecular weight excluding hydrogens is 532 g/mol. The van der Waals surface area contributed by atoms with Gasteiger partial charge in [0.15, 0.2) is 0 Å². The van der Waals surface area contributed by atoms with Crippen molar-refractivity contribution < 1.29 is 9.53 Å². The Labute approximate surface area is 244 Å². The number of carbonyl (C=O) groups is 1. The van der Waals surface area contributed by atoms with Crippen LogP contribution in [0, 0.1) is 0 Å². The van der Waals surface area contributed by atoms with Gasteiger partial charge in [0, 0.05) is 49.2 Å². The van der Waals surface area contributed by atoms with Gasteiger partial charge in [0.2, 0.25) is 0 Å². The van der Waals surface area contributed by atoms with Crippen molar-refractivity contribution in [2.45, 2.75) is 51.4 Å². The van der Waals surface area contributed by atoms with Crippen LogP contribution >= 0.6 is 0 Å². The molecule has 5 N–H and O–H groups in total. The van der Waals surface area contributed by atoms with Gasteiger partial charge in [-0.3, -0.25) is 14.4 Å². The summed E-state index contributed by atoms with van der Waals surface area (Å²) < 4.78 is 9.13. The molecule has 2 aliphatic rings. The molecule has 12 heteroatoms. The molecule has 220 valence electrons. The van der Waals surface area contributed by atoms with Crippen LogP contribution in [-0.2, 0) is 23.1 Å². The highest BCUT2D eigenvalue weighted by Crippen LogP contribution is 2.34. The van der Waals surface area contributed by atoms with Gasteiger partial charge in [-0.1, -0.05) is 12.1 Å². The molecule has 42 heavy (non-hydrogen) atoms. The van der Waals surface area contributed by atoms with E-state index >= 15 is 0 Å². The van der Waals surface area contributed by atoms with E-state index in [1.165, 1.54) is 11.2 Å². The molecule has 5 heterocycles. The number of aromatic nitrogens is 5. The maximum absolute atomic E-state index is 13.2. The SMILES string of the molecule is Cn1cc(-c2cn3nccc3c(-c3ccc4c(c3)CN(C3COC3)CC[C@H]4NC(=O)/C(N)=C/N(N)C(C)(C)C)n2)cn1. The Kier molecular flexibility index (Phi) is 7.21. The van der Waals surface area contributed by atoms with E-state index in [1.54, 1.807) is 17.1 Å². The Morgan fingerprint density at radius 1 is 1.17 bits per heavy atom.